The zero-order valence-electron chi connectivity index (χ0n) is 20.5. The second-order valence-electron chi connectivity index (χ2n) is 8.45. The molecular formula is C27H33IN2O6. The lowest BCUT2D eigenvalue weighted by molar-refractivity contribution is -0.138. The van der Waals surface area contributed by atoms with Crippen molar-refractivity contribution in [2.24, 2.45) is 0 Å². The van der Waals surface area contributed by atoms with Gasteiger partial charge < -0.3 is 29.9 Å². The number of halogens is 1. The van der Waals surface area contributed by atoms with Gasteiger partial charge in [-0.2, -0.15) is 0 Å². The number of hydrogen-bond acceptors (Lipinski definition) is 6. The van der Waals surface area contributed by atoms with Gasteiger partial charge in [-0.3, -0.25) is 9.59 Å². The highest BCUT2D eigenvalue weighted by Crippen LogP contribution is 2.30. The summed E-state index contributed by atoms with van der Waals surface area (Å²) in [5, 5.41) is 23.2. The van der Waals surface area contributed by atoms with Crippen molar-refractivity contribution in [3.63, 3.8) is 0 Å². The van der Waals surface area contributed by atoms with Crippen LogP contribution in [-0.4, -0.2) is 72.0 Å². The van der Waals surface area contributed by atoms with Crippen LogP contribution in [0.4, 0.5) is 0 Å². The van der Waals surface area contributed by atoms with Crippen molar-refractivity contribution in [2.75, 3.05) is 26.8 Å². The number of carbonyl (C=O) groups is 2. The third-order valence-electron chi connectivity index (χ3n) is 6.15. The number of rotatable bonds is 11. The Balaban J connectivity index is 1.91. The van der Waals surface area contributed by atoms with Crippen LogP contribution < -0.4 is 14.8 Å². The van der Waals surface area contributed by atoms with E-state index in [1.165, 1.54) is 0 Å². The highest BCUT2D eigenvalue weighted by molar-refractivity contribution is 14.1. The number of hydrogen-bond donors (Lipinski definition) is 3. The molecule has 1 aliphatic rings. The molecule has 3 N–H and O–H groups in total. The molecule has 1 aliphatic carbocycles. The van der Waals surface area contributed by atoms with Crippen molar-refractivity contribution in [1.29, 1.82) is 0 Å². The van der Waals surface area contributed by atoms with Crippen LogP contribution in [0.5, 0.6) is 11.5 Å². The molecule has 8 nitrogen and oxygen atoms in total. The molecule has 36 heavy (non-hydrogen) atoms. The first kappa shape index (κ1) is 27.9. The molecular weight excluding hydrogens is 575 g/mol. The average Bonchev–Trinajstić information content (AvgIpc) is 2.90. The van der Waals surface area contributed by atoms with Crippen LogP contribution in [-0.2, 0) is 16.0 Å². The van der Waals surface area contributed by atoms with Gasteiger partial charge in [-0.1, -0.05) is 37.3 Å². The molecule has 0 aliphatic heterocycles. The molecule has 0 aromatic heterocycles. The van der Waals surface area contributed by atoms with Crippen LogP contribution in [0, 0.1) is 3.57 Å². The Morgan fingerprint density at radius 1 is 1.14 bits per heavy atom. The number of nitrogens with one attached hydrogen (secondary N) is 1. The molecule has 0 saturated carbocycles. The monoisotopic (exact) mass is 608 g/mol. The molecule has 194 valence electrons. The van der Waals surface area contributed by atoms with Gasteiger partial charge in [-0.15, -0.1) is 0 Å². The van der Waals surface area contributed by atoms with Crippen molar-refractivity contribution in [3.05, 3.63) is 69.3 Å². The molecule has 2 aromatic carbocycles. The Morgan fingerprint density at radius 2 is 1.83 bits per heavy atom. The lowest BCUT2D eigenvalue weighted by Gasteiger charge is -2.40. The van der Waals surface area contributed by atoms with Crippen LogP contribution in [0.2, 0.25) is 0 Å². The Kier molecular flexibility index (Phi) is 10.6. The quantitative estimate of drug-likeness (QED) is 0.339. The van der Waals surface area contributed by atoms with E-state index < -0.39 is 18.2 Å². The van der Waals surface area contributed by atoms with Crippen molar-refractivity contribution in [1.82, 2.24) is 10.2 Å². The highest BCUT2D eigenvalue weighted by atomic mass is 127. The highest BCUT2D eigenvalue weighted by Gasteiger charge is 2.40. The number of aliphatic hydroxyl groups is 2. The maximum atomic E-state index is 13.1. The van der Waals surface area contributed by atoms with Gasteiger partial charge in [0.25, 0.3) is 0 Å². The zero-order valence-corrected chi connectivity index (χ0v) is 22.7. The number of para-hydroxylation sites is 2. The molecule has 2 amide bonds. The minimum Gasteiger partial charge on any atom is -0.496 e. The molecule has 2 aromatic rings. The SMILES string of the molecule is CCC(=O)N(CCc1ccccc1OC)C1CC(C(=O)NCCO)=CC(Oc2ccccc2I)C1O. The van der Waals surface area contributed by atoms with Crippen molar-refractivity contribution in [3.8, 4) is 11.5 Å². The van der Waals surface area contributed by atoms with Crippen LogP contribution >= 0.6 is 22.6 Å². The lowest BCUT2D eigenvalue weighted by Crippen LogP contribution is -2.55. The molecule has 0 spiro atoms. The first-order valence-corrected chi connectivity index (χ1v) is 13.1. The molecule has 3 atom stereocenters. The summed E-state index contributed by atoms with van der Waals surface area (Å²) >= 11 is 2.15. The van der Waals surface area contributed by atoms with E-state index in [1.807, 2.05) is 42.5 Å². The first-order chi connectivity index (χ1) is 17.4. The van der Waals surface area contributed by atoms with Gasteiger partial charge in [-0.25, -0.2) is 0 Å². The second kappa shape index (κ2) is 13.6. The summed E-state index contributed by atoms with van der Waals surface area (Å²) in [6.45, 7) is 2.04. The summed E-state index contributed by atoms with van der Waals surface area (Å²) in [6.07, 6.45) is 0.675. The Labute approximate surface area is 225 Å². The minimum absolute atomic E-state index is 0.108. The van der Waals surface area contributed by atoms with E-state index in [-0.39, 0.29) is 37.8 Å². The third-order valence-corrected chi connectivity index (χ3v) is 7.04. The van der Waals surface area contributed by atoms with Gasteiger partial charge in [0.1, 0.15) is 23.7 Å². The number of carbonyl (C=O) groups excluding carboxylic acids is 2. The summed E-state index contributed by atoms with van der Waals surface area (Å²) in [5.74, 6) is 0.830. The lowest BCUT2D eigenvalue weighted by atomic mass is 9.87. The maximum absolute atomic E-state index is 13.1. The topological polar surface area (TPSA) is 108 Å². The van der Waals surface area contributed by atoms with Crippen LogP contribution in [0.25, 0.3) is 0 Å². The second-order valence-corrected chi connectivity index (χ2v) is 9.61. The molecule has 0 fully saturated rings. The van der Waals surface area contributed by atoms with Crippen molar-refractivity contribution >= 4 is 34.4 Å². The Bertz CT molecular complexity index is 1080. The standard InChI is InChI=1S/C27H33IN2O6/c1-3-25(32)30(14-12-18-8-4-6-10-22(18)35-2)21-16-19(27(34)29-13-15-31)17-24(26(21)33)36-23-11-7-5-9-20(23)28/h4-11,17,21,24,26,31,33H,3,12-16H2,1-2H3,(H,29,34). The molecule has 9 heteroatoms. The Morgan fingerprint density at radius 3 is 2.50 bits per heavy atom. The fraction of sp³-hybridized carbons (Fsp3) is 0.407. The number of methoxy groups -OCH3 is 1. The van der Waals surface area contributed by atoms with Gasteiger partial charge >= 0.3 is 0 Å². The van der Waals surface area contributed by atoms with Crippen LogP contribution in [0.3, 0.4) is 0 Å². The van der Waals surface area contributed by atoms with Crippen LogP contribution in [0.15, 0.2) is 60.2 Å². The molecule has 3 rings (SSSR count). The number of amides is 2. The fourth-order valence-electron chi connectivity index (χ4n) is 4.30. The Hall–Kier alpha value is -2.63. The maximum Gasteiger partial charge on any atom is 0.247 e. The van der Waals surface area contributed by atoms with E-state index >= 15 is 0 Å². The van der Waals surface area contributed by atoms with Gasteiger partial charge in [0.15, 0.2) is 0 Å². The first-order valence-electron chi connectivity index (χ1n) is 12.0. The van der Waals surface area contributed by atoms with E-state index in [9.17, 15) is 14.7 Å². The summed E-state index contributed by atoms with van der Waals surface area (Å²) in [6, 6.07) is 14.4. The minimum atomic E-state index is -1.05. The number of aliphatic hydroxyl groups excluding tert-OH is 2. The predicted octanol–water partition coefficient (Wildman–Crippen LogP) is 2.70. The smallest absolute Gasteiger partial charge is 0.247 e. The summed E-state index contributed by atoms with van der Waals surface area (Å²) < 4.78 is 12.5. The largest absolute Gasteiger partial charge is 0.496 e. The normalized spacial score (nSPS) is 19.2. The van der Waals surface area contributed by atoms with E-state index in [4.69, 9.17) is 14.6 Å². The van der Waals surface area contributed by atoms with E-state index in [0.29, 0.717) is 24.3 Å². The summed E-state index contributed by atoms with van der Waals surface area (Å²) in [7, 11) is 1.60. The van der Waals surface area contributed by atoms with Crippen molar-refractivity contribution < 1.29 is 29.3 Å². The third kappa shape index (κ3) is 6.98. The van der Waals surface area contributed by atoms with Gasteiger partial charge in [0.2, 0.25) is 11.8 Å². The molecule has 0 saturated heterocycles. The summed E-state index contributed by atoms with van der Waals surface area (Å²) in [4.78, 5) is 27.6. The van der Waals surface area contributed by atoms with E-state index in [2.05, 4.69) is 27.9 Å². The predicted molar refractivity (Wildman–Crippen MR) is 145 cm³/mol. The van der Waals surface area contributed by atoms with Crippen LogP contribution in [0.1, 0.15) is 25.3 Å². The summed E-state index contributed by atoms with van der Waals surface area (Å²) in [5.41, 5.74) is 1.35. The molecule has 3 unspecified atom stereocenters. The molecule has 0 heterocycles. The number of benzene rings is 2. The molecule has 0 bridgehead atoms. The fourth-order valence-corrected chi connectivity index (χ4v) is 4.81. The molecule has 0 radical (unpaired) electrons. The van der Waals surface area contributed by atoms with E-state index in [0.717, 1.165) is 14.9 Å². The van der Waals surface area contributed by atoms with Gasteiger partial charge in [0.05, 0.1) is 23.3 Å². The van der Waals surface area contributed by atoms with E-state index in [1.54, 1.807) is 31.1 Å². The number of nitrogens with zero attached hydrogens (tertiary/aromatic N) is 1. The van der Waals surface area contributed by atoms with Crippen molar-refractivity contribution in [2.45, 2.75) is 44.4 Å². The van der Waals surface area contributed by atoms with Gasteiger partial charge in [-0.05, 0) is 58.9 Å². The van der Waals surface area contributed by atoms with Gasteiger partial charge in [0, 0.05) is 31.5 Å². The number of ether oxygens (including phenoxy) is 2. The average molecular weight is 608 g/mol. The zero-order chi connectivity index (χ0) is 26.1.